The number of phenolic OH excluding ortho intramolecular Hbond substituents is 1. The summed E-state index contributed by atoms with van der Waals surface area (Å²) in [5.41, 5.74) is 4.32. The number of benzene rings is 1. The molecule has 0 spiro atoms. The van der Waals surface area contributed by atoms with Gasteiger partial charge in [-0.3, -0.25) is 5.26 Å². The quantitative estimate of drug-likeness (QED) is 0.281. The van der Waals surface area contributed by atoms with Crippen LogP contribution in [0.3, 0.4) is 0 Å². The summed E-state index contributed by atoms with van der Waals surface area (Å²) in [7, 11) is 1.59. The van der Waals surface area contributed by atoms with Crippen molar-refractivity contribution in [2.75, 3.05) is 20.2 Å². The zero-order chi connectivity index (χ0) is 17.4. The fraction of sp³-hybridized carbons (Fsp3) is 0.556. The molecule has 0 aromatic heterocycles. The lowest BCUT2D eigenvalue weighted by Gasteiger charge is -2.19. The summed E-state index contributed by atoms with van der Waals surface area (Å²) in [5, 5.41) is 22.6. The molecule has 1 aromatic carbocycles. The molecule has 23 heavy (non-hydrogen) atoms. The van der Waals surface area contributed by atoms with Crippen molar-refractivity contribution in [2.24, 2.45) is 0 Å². The molecule has 0 aliphatic carbocycles. The molecule has 5 nitrogen and oxygen atoms in total. The molecule has 5 heteroatoms. The third-order valence-corrected chi connectivity index (χ3v) is 4.06. The van der Waals surface area contributed by atoms with Gasteiger partial charge in [-0.05, 0) is 56.8 Å². The normalized spacial score (nSPS) is 11.8. The van der Waals surface area contributed by atoms with Crippen LogP contribution in [-0.4, -0.2) is 30.6 Å². The first-order valence-electron chi connectivity index (χ1n) is 7.98. The Kier molecular flexibility index (Phi) is 8.09. The number of phenols is 1. The number of nitrogens with one attached hydrogen (secondary N) is 1. The predicted molar refractivity (Wildman–Crippen MR) is 92.2 cm³/mol. The highest BCUT2D eigenvalue weighted by Gasteiger charge is 2.19. The molecule has 130 valence electrons. The summed E-state index contributed by atoms with van der Waals surface area (Å²) in [6.45, 7) is 9.79. The van der Waals surface area contributed by atoms with Crippen LogP contribution in [0, 0.1) is 13.8 Å². The van der Waals surface area contributed by atoms with Gasteiger partial charge in [0.05, 0.1) is 7.11 Å². The third kappa shape index (κ3) is 4.96. The van der Waals surface area contributed by atoms with Gasteiger partial charge >= 0.3 is 0 Å². The molecule has 0 unspecified atom stereocenters. The van der Waals surface area contributed by atoms with E-state index in [-0.39, 0.29) is 12.4 Å². The summed E-state index contributed by atoms with van der Waals surface area (Å²) in [4.78, 5) is 4.25. The molecule has 0 saturated heterocycles. The lowest BCUT2D eigenvalue weighted by molar-refractivity contribution is -0.253. The molecule has 0 aliphatic heterocycles. The van der Waals surface area contributed by atoms with Crippen LogP contribution in [0.15, 0.2) is 11.6 Å². The van der Waals surface area contributed by atoms with Crippen LogP contribution in [0.1, 0.15) is 42.5 Å². The van der Waals surface area contributed by atoms with E-state index in [1.165, 1.54) is 5.57 Å². The zero-order valence-corrected chi connectivity index (χ0v) is 14.8. The number of ether oxygens (including phenoxy) is 1. The highest BCUT2D eigenvalue weighted by Crippen LogP contribution is 2.38. The molecule has 0 aliphatic rings. The van der Waals surface area contributed by atoms with Crippen LogP contribution in [0.4, 0.5) is 0 Å². The molecule has 0 fully saturated rings. The fourth-order valence-electron chi connectivity index (χ4n) is 2.68. The third-order valence-electron chi connectivity index (χ3n) is 4.06. The first-order chi connectivity index (χ1) is 11.0. The average Bonchev–Trinajstić information content (AvgIpc) is 2.53. The van der Waals surface area contributed by atoms with Crippen molar-refractivity contribution >= 4 is 0 Å². The van der Waals surface area contributed by atoms with Crippen molar-refractivity contribution < 1.29 is 20.0 Å². The lowest BCUT2D eigenvalue weighted by atomic mass is 9.94. The van der Waals surface area contributed by atoms with E-state index >= 15 is 0 Å². The van der Waals surface area contributed by atoms with Crippen LogP contribution < -0.4 is 10.1 Å². The highest BCUT2D eigenvalue weighted by molar-refractivity contribution is 5.58. The molecule has 0 amide bonds. The number of methoxy groups -OCH3 is 1. The molecular weight excluding hydrogens is 294 g/mol. The van der Waals surface area contributed by atoms with Gasteiger partial charge in [0.15, 0.2) is 0 Å². The average molecular weight is 323 g/mol. The Labute approximate surface area is 138 Å². The molecular formula is C18H29NO4. The van der Waals surface area contributed by atoms with Crippen LogP contribution in [-0.2, 0) is 17.9 Å². The summed E-state index contributed by atoms with van der Waals surface area (Å²) in [6.07, 6.45) is 3.80. The Hall–Kier alpha value is -1.56. The maximum Gasteiger partial charge on any atom is 0.129 e. The van der Waals surface area contributed by atoms with Gasteiger partial charge < -0.3 is 15.2 Å². The van der Waals surface area contributed by atoms with Gasteiger partial charge in [-0.15, -0.1) is 0 Å². The van der Waals surface area contributed by atoms with Gasteiger partial charge in [0.25, 0.3) is 0 Å². The lowest BCUT2D eigenvalue weighted by Crippen LogP contribution is -2.16. The maximum absolute atomic E-state index is 10.5. The van der Waals surface area contributed by atoms with E-state index < -0.39 is 0 Å². The largest absolute Gasteiger partial charge is 0.507 e. The van der Waals surface area contributed by atoms with Gasteiger partial charge in [-0.2, -0.15) is 0 Å². The summed E-state index contributed by atoms with van der Waals surface area (Å²) in [6, 6.07) is 0. The van der Waals surface area contributed by atoms with Crippen molar-refractivity contribution in [3.63, 3.8) is 0 Å². The van der Waals surface area contributed by atoms with E-state index in [2.05, 4.69) is 30.1 Å². The van der Waals surface area contributed by atoms with Crippen molar-refractivity contribution in [1.29, 1.82) is 0 Å². The Morgan fingerprint density at radius 1 is 1.22 bits per heavy atom. The number of hydrogen-bond acceptors (Lipinski definition) is 5. The number of hydrogen-bond donors (Lipinski definition) is 3. The molecule has 0 radical (unpaired) electrons. The van der Waals surface area contributed by atoms with Gasteiger partial charge in [-0.25, -0.2) is 4.89 Å². The molecule has 0 atom stereocenters. The number of allylic oxidation sites excluding steroid dienone is 1. The topological polar surface area (TPSA) is 71.0 Å². The predicted octanol–water partition coefficient (Wildman–Crippen LogP) is 3.50. The Morgan fingerprint density at radius 3 is 2.48 bits per heavy atom. The van der Waals surface area contributed by atoms with Gasteiger partial charge in [-0.1, -0.05) is 18.6 Å². The molecule has 0 saturated carbocycles. The number of rotatable bonds is 9. The van der Waals surface area contributed by atoms with Crippen molar-refractivity contribution in [1.82, 2.24) is 5.32 Å². The van der Waals surface area contributed by atoms with Crippen LogP contribution in [0.2, 0.25) is 0 Å². The van der Waals surface area contributed by atoms with Crippen LogP contribution in [0.25, 0.3) is 0 Å². The minimum Gasteiger partial charge on any atom is -0.507 e. The molecule has 0 bridgehead atoms. The minimum absolute atomic E-state index is 0.0255. The first kappa shape index (κ1) is 19.5. The standard InChI is InChI=1S/C18H29NO4/c1-6-9-19-10-12(2)7-8-15-17(20)13(3)16(11-23-21)14(4)18(15)22-5/h7,19-21H,6,8-11H2,1-5H3/b12-7+. The molecule has 1 aromatic rings. The second-order valence-corrected chi connectivity index (χ2v) is 5.79. The summed E-state index contributed by atoms with van der Waals surface area (Å²) >= 11 is 0. The second kappa shape index (κ2) is 9.55. The molecule has 1 rings (SSSR count). The van der Waals surface area contributed by atoms with E-state index in [0.717, 1.165) is 36.2 Å². The fourth-order valence-corrected chi connectivity index (χ4v) is 2.68. The molecule has 0 heterocycles. The molecule has 3 N–H and O–H groups in total. The van der Waals surface area contributed by atoms with Crippen molar-refractivity contribution in [3.05, 3.63) is 33.9 Å². The Balaban J connectivity index is 3.09. The SMILES string of the molecule is CCCNC/C(C)=C/Cc1c(O)c(C)c(COO)c(C)c1OC. The van der Waals surface area contributed by atoms with Crippen molar-refractivity contribution in [3.8, 4) is 11.5 Å². The zero-order valence-electron chi connectivity index (χ0n) is 14.8. The minimum atomic E-state index is 0.0255. The van der Waals surface area contributed by atoms with E-state index in [4.69, 9.17) is 9.99 Å². The van der Waals surface area contributed by atoms with Gasteiger partial charge in [0, 0.05) is 12.1 Å². The Bertz CT molecular complexity index is 553. The highest BCUT2D eigenvalue weighted by atomic mass is 17.1. The maximum atomic E-state index is 10.5. The summed E-state index contributed by atoms with van der Waals surface area (Å²) in [5.74, 6) is 0.843. The first-order valence-corrected chi connectivity index (χ1v) is 7.98. The van der Waals surface area contributed by atoms with E-state index in [1.807, 2.05) is 13.8 Å². The van der Waals surface area contributed by atoms with E-state index in [9.17, 15) is 5.11 Å². The van der Waals surface area contributed by atoms with Gasteiger partial charge in [0.2, 0.25) is 0 Å². The van der Waals surface area contributed by atoms with Crippen molar-refractivity contribution in [2.45, 2.75) is 47.1 Å². The number of aromatic hydroxyl groups is 1. The Morgan fingerprint density at radius 2 is 1.91 bits per heavy atom. The second-order valence-electron chi connectivity index (χ2n) is 5.79. The van der Waals surface area contributed by atoms with E-state index in [0.29, 0.717) is 17.7 Å². The summed E-state index contributed by atoms with van der Waals surface area (Å²) < 4.78 is 5.49. The van der Waals surface area contributed by atoms with E-state index in [1.54, 1.807) is 7.11 Å². The van der Waals surface area contributed by atoms with Crippen LogP contribution >= 0.6 is 0 Å². The smallest absolute Gasteiger partial charge is 0.129 e. The van der Waals surface area contributed by atoms with Crippen LogP contribution in [0.5, 0.6) is 11.5 Å². The van der Waals surface area contributed by atoms with Gasteiger partial charge in [0.1, 0.15) is 18.1 Å². The monoisotopic (exact) mass is 323 g/mol.